The van der Waals surface area contributed by atoms with Crippen LogP contribution in [-0.4, -0.2) is 51.6 Å². The summed E-state index contributed by atoms with van der Waals surface area (Å²) in [5.41, 5.74) is -0.572. The van der Waals surface area contributed by atoms with Crippen molar-refractivity contribution >= 4 is 40.7 Å². The summed E-state index contributed by atoms with van der Waals surface area (Å²) in [7, 11) is 0. The van der Waals surface area contributed by atoms with Gasteiger partial charge >= 0.3 is 0 Å². The molecule has 1 spiro atoms. The third kappa shape index (κ3) is 4.24. The van der Waals surface area contributed by atoms with E-state index in [2.05, 4.69) is 10.6 Å². The number of benzene rings is 3. The summed E-state index contributed by atoms with van der Waals surface area (Å²) in [5.74, 6) is -3.11. The van der Waals surface area contributed by atoms with E-state index in [1.54, 1.807) is 36.4 Å². The number of hydrogen-bond donors (Lipinski definition) is 3. The summed E-state index contributed by atoms with van der Waals surface area (Å²) in [4.78, 5) is 44.2. The molecule has 3 fully saturated rings. The van der Waals surface area contributed by atoms with Crippen LogP contribution in [-0.2, 0) is 19.1 Å². The molecule has 3 heterocycles. The number of ether oxygens (including phenoxy) is 1. The Labute approximate surface area is 243 Å². The Kier molecular flexibility index (Phi) is 6.88. The second-order valence-electron chi connectivity index (χ2n) is 11.4. The van der Waals surface area contributed by atoms with Gasteiger partial charge in [-0.05, 0) is 49.1 Å². The van der Waals surface area contributed by atoms with Crippen LogP contribution in [0, 0.1) is 17.8 Å². The number of aliphatic hydroxyl groups excluding tert-OH is 1. The number of halogens is 1. The van der Waals surface area contributed by atoms with E-state index >= 15 is 0 Å². The van der Waals surface area contributed by atoms with Crippen molar-refractivity contribution in [1.82, 2.24) is 4.90 Å². The molecule has 3 aromatic rings. The fraction of sp³-hybridized carbons (Fsp3) is 0.344. The molecular weight excluding hydrogens is 542 g/mol. The Bertz CT molecular complexity index is 1490. The molecule has 3 aromatic carbocycles. The molecule has 41 heavy (non-hydrogen) atoms. The SMILES string of the molecule is CC1CC23O[C@@]1(C)[C@H](C(=O)Nc1ccccc1)[C@H]2C(=O)N([C@H](CO)c1ccccc1)C3C(=O)Nc1ccccc1Cl. The van der Waals surface area contributed by atoms with E-state index in [4.69, 9.17) is 16.3 Å². The first-order chi connectivity index (χ1) is 19.7. The minimum atomic E-state index is -1.28. The molecule has 0 radical (unpaired) electrons. The summed E-state index contributed by atoms with van der Waals surface area (Å²) < 4.78 is 6.79. The maximum atomic E-state index is 14.5. The average molecular weight is 574 g/mol. The predicted molar refractivity (Wildman–Crippen MR) is 155 cm³/mol. The van der Waals surface area contributed by atoms with Gasteiger partial charge in [-0.1, -0.05) is 79.2 Å². The van der Waals surface area contributed by atoms with Crippen molar-refractivity contribution < 1.29 is 24.2 Å². The van der Waals surface area contributed by atoms with Crippen LogP contribution < -0.4 is 10.6 Å². The Morgan fingerprint density at radius 2 is 1.63 bits per heavy atom. The monoisotopic (exact) mass is 573 g/mol. The number of nitrogens with zero attached hydrogens (tertiary/aromatic N) is 1. The smallest absolute Gasteiger partial charge is 0.250 e. The van der Waals surface area contributed by atoms with Crippen molar-refractivity contribution in [3.8, 4) is 0 Å². The molecule has 3 amide bonds. The topological polar surface area (TPSA) is 108 Å². The molecule has 3 aliphatic rings. The standard InChI is InChI=1S/C32H32ClN3O5/c1-19-17-32-26(25(31(19,2)41-32)28(38)34-21-13-7-4-8-14-21)30(40)36(24(18-37)20-11-5-3-6-12-20)27(32)29(39)35-23-16-10-9-15-22(23)33/h3-16,19,24-27,37H,17-18H2,1-2H3,(H,34,38)(H,35,39)/t19?,24-,25+,26+,27?,31-,32?/m1/s1. The maximum absolute atomic E-state index is 14.5. The zero-order valence-electron chi connectivity index (χ0n) is 22.8. The van der Waals surface area contributed by atoms with Gasteiger partial charge in [0.05, 0.1) is 40.8 Å². The van der Waals surface area contributed by atoms with Crippen molar-refractivity contribution in [2.24, 2.45) is 17.8 Å². The van der Waals surface area contributed by atoms with Gasteiger partial charge in [0.25, 0.3) is 0 Å². The summed E-state index contributed by atoms with van der Waals surface area (Å²) in [5, 5.41) is 16.9. The lowest BCUT2D eigenvalue weighted by atomic mass is 9.62. The first kappa shape index (κ1) is 27.4. The first-order valence-electron chi connectivity index (χ1n) is 13.8. The molecule has 3 saturated heterocycles. The van der Waals surface area contributed by atoms with Crippen LogP contribution in [0.25, 0.3) is 0 Å². The zero-order chi connectivity index (χ0) is 28.9. The van der Waals surface area contributed by atoms with Gasteiger partial charge in [-0.25, -0.2) is 0 Å². The molecule has 2 bridgehead atoms. The summed E-state index contributed by atoms with van der Waals surface area (Å²) in [6.07, 6.45) is 0.402. The number of carbonyl (C=O) groups excluding carboxylic acids is 3. The van der Waals surface area contributed by atoms with Crippen molar-refractivity contribution in [1.29, 1.82) is 0 Å². The first-order valence-corrected chi connectivity index (χ1v) is 14.2. The molecule has 9 heteroatoms. The van der Waals surface area contributed by atoms with Crippen LogP contribution >= 0.6 is 11.6 Å². The van der Waals surface area contributed by atoms with E-state index in [9.17, 15) is 19.5 Å². The van der Waals surface area contributed by atoms with Gasteiger partial charge in [-0.2, -0.15) is 0 Å². The third-order valence-electron chi connectivity index (χ3n) is 9.15. The number of carbonyl (C=O) groups is 3. The molecule has 0 saturated carbocycles. The minimum absolute atomic E-state index is 0.127. The van der Waals surface area contributed by atoms with Crippen molar-refractivity contribution in [2.75, 3.05) is 17.2 Å². The summed E-state index contributed by atoms with van der Waals surface area (Å²) in [6.45, 7) is 3.44. The lowest BCUT2D eigenvalue weighted by molar-refractivity contribution is -0.148. The fourth-order valence-corrected chi connectivity index (χ4v) is 7.43. The number of anilines is 2. The van der Waals surface area contributed by atoms with Crippen LogP contribution in [0.3, 0.4) is 0 Å². The van der Waals surface area contributed by atoms with Crippen molar-refractivity contribution in [2.45, 2.75) is 43.6 Å². The Balaban J connectivity index is 1.46. The molecule has 212 valence electrons. The predicted octanol–water partition coefficient (Wildman–Crippen LogP) is 4.66. The lowest BCUT2D eigenvalue weighted by Crippen LogP contribution is -2.54. The Morgan fingerprint density at radius 1 is 1.00 bits per heavy atom. The number of fused-ring (bicyclic) bond motifs is 1. The van der Waals surface area contributed by atoms with E-state index < -0.39 is 53.5 Å². The Morgan fingerprint density at radius 3 is 2.29 bits per heavy atom. The third-order valence-corrected chi connectivity index (χ3v) is 9.48. The number of rotatable bonds is 7. The molecule has 3 unspecified atom stereocenters. The average Bonchev–Trinajstić information content (AvgIpc) is 3.48. The molecule has 0 aliphatic carbocycles. The Hall–Kier alpha value is -3.72. The van der Waals surface area contributed by atoms with Gasteiger partial charge in [0.15, 0.2) is 0 Å². The fourth-order valence-electron chi connectivity index (χ4n) is 7.25. The molecule has 8 nitrogen and oxygen atoms in total. The normalized spacial score (nSPS) is 30.6. The largest absolute Gasteiger partial charge is 0.394 e. The van der Waals surface area contributed by atoms with Crippen LogP contribution in [0.2, 0.25) is 5.02 Å². The van der Waals surface area contributed by atoms with Crippen LogP contribution in [0.5, 0.6) is 0 Å². The quantitative estimate of drug-likeness (QED) is 0.381. The van der Waals surface area contributed by atoms with Crippen LogP contribution in [0.1, 0.15) is 31.9 Å². The molecular formula is C32H32ClN3O5. The second-order valence-corrected chi connectivity index (χ2v) is 11.8. The number of hydrogen-bond acceptors (Lipinski definition) is 5. The van der Waals surface area contributed by atoms with Gasteiger partial charge in [0, 0.05) is 5.69 Å². The summed E-state index contributed by atoms with van der Waals surface area (Å²) in [6, 6.07) is 23.1. The van der Waals surface area contributed by atoms with Crippen molar-refractivity contribution in [3.63, 3.8) is 0 Å². The molecule has 3 N–H and O–H groups in total. The zero-order valence-corrected chi connectivity index (χ0v) is 23.5. The molecule has 6 rings (SSSR count). The highest BCUT2D eigenvalue weighted by atomic mass is 35.5. The number of nitrogens with one attached hydrogen (secondary N) is 2. The highest BCUT2D eigenvalue weighted by Gasteiger charge is 2.80. The van der Waals surface area contributed by atoms with Gasteiger partial charge in [-0.3, -0.25) is 14.4 Å². The van der Waals surface area contributed by atoms with E-state index in [0.717, 1.165) is 0 Å². The number of para-hydroxylation sites is 2. The highest BCUT2D eigenvalue weighted by Crippen LogP contribution is 2.66. The molecule has 0 aromatic heterocycles. The minimum Gasteiger partial charge on any atom is -0.394 e. The van der Waals surface area contributed by atoms with E-state index in [-0.39, 0.29) is 11.8 Å². The summed E-state index contributed by atoms with van der Waals surface area (Å²) >= 11 is 6.38. The van der Waals surface area contributed by atoms with E-state index in [0.29, 0.717) is 28.4 Å². The molecule has 7 atom stereocenters. The lowest BCUT2D eigenvalue weighted by Gasteiger charge is -2.37. The van der Waals surface area contributed by atoms with Crippen LogP contribution in [0.15, 0.2) is 84.9 Å². The van der Waals surface area contributed by atoms with Gasteiger partial charge < -0.3 is 25.4 Å². The van der Waals surface area contributed by atoms with Crippen LogP contribution in [0.4, 0.5) is 11.4 Å². The number of aliphatic hydroxyl groups is 1. The number of amides is 3. The van der Waals surface area contributed by atoms with E-state index in [1.165, 1.54) is 4.90 Å². The highest BCUT2D eigenvalue weighted by molar-refractivity contribution is 6.33. The van der Waals surface area contributed by atoms with Crippen molar-refractivity contribution in [3.05, 3.63) is 95.5 Å². The molecule has 3 aliphatic heterocycles. The van der Waals surface area contributed by atoms with Gasteiger partial charge in [0.2, 0.25) is 17.7 Å². The van der Waals surface area contributed by atoms with Gasteiger partial charge in [0.1, 0.15) is 11.6 Å². The second kappa shape index (κ2) is 10.3. The maximum Gasteiger partial charge on any atom is 0.250 e. The van der Waals surface area contributed by atoms with E-state index in [1.807, 2.05) is 62.4 Å². The van der Waals surface area contributed by atoms with Gasteiger partial charge in [-0.15, -0.1) is 0 Å². The number of likely N-dealkylation sites (tertiary alicyclic amines) is 1.